The number of nitrogens with zero attached hydrogens (tertiary/aromatic N) is 1. The maximum absolute atomic E-state index is 11.9. The largest absolute Gasteiger partial charge is 0.496 e. The number of rotatable bonds is 3. The van der Waals surface area contributed by atoms with E-state index in [1.165, 1.54) is 4.57 Å². The molecule has 0 atom stereocenters. The highest BCUT2D eigenvalue weighted by atomic mass is 16.5. The first-order valence-corrected chi connectivity index (χ1v) is 5.88. The van der Waals surface area contributed by atoms with Crippen LogP contribution in [0.25, 0.3) is 11.3 Å². The molecule has 0 saturated heterocycles. The highest BCUT2D eigenvalue weighted by Crippen LogP contribution is 2.25. The Labute approximate surface area is 111 Å². The SMILES string of the molecule is COc1ccc(-c2ccc(C=O)c(=O)n2C)cc1C. The van der Waals surface area contributed by atoms with Crippen LogP contribution >= 0.6 is 0 Å². The number of carbonyl (C=O) groups excluding carboxylic acids is 1. The van der Waals surface area contributed by atoms with Crippen molar-refractivity contribution >= 4 is 6.29 Å². The van der Waals surface area contributed by atoms with Gasteiger partial charge >= 0.3 is 0 Å². The lowest BCUT2D eigenvalue weighted by Gasteiger charge is -2.11. The van der Waals surface area contributed by atoms with Crippen LogP contribution < -0.4 is 10.3 Å². The molecule has 0 amide bonds. The highest BCUT2D eigenvalue weighted by Gasteiger charge is 2.08. The fraction of sp³-hybridized carbons (Fsp3) is 0.200. The molecule has 0 aliphatic heterocycles. The van der Waals surface area contributed by atoms with Crippen molar-refractivity contribution in [2.24, 2.45) is 7.05 Å². The number of hydrogen-bond donors (Lipinski definition) is 0. The summed E-state index contributed by atoms with van der Waals surface area (Å²) in [6.07, 6.45) is 0.575. The molecular weight excluding hydrogens is 242 g/mol. The van der Waals surface area contributed by atoms with Crippen LogP contribution in [0.5, 0.6) is 5.75 Å². The second kappa shape index (κ2) is 5.10. The lowest BCUT2D eigenvalue weighted by atomic mass is 10.1. The first kappa shape index (κ1) is 13.1. The predicted octanol–water partition coefficient (Wildman–Crippen LogP) is 2.18. The summed E-state index contributed by atoms with van der Waals surface area (Å²) in [6.45, 7) is 1.94. The van der Waals surface area contributed by atoms with Crippen LogP contribution in [0.1, 0.15) is 15.9 Å². The number of aldehydes is 1. The van der Waals surface area contributed by atoms with E-state index in [1.54, 1.807) is 26.3 Å². The van der Waals surface area contributed by atoms with Gasteiger partial charge in [0.1, 0.15) is 5.75 Å². The average Bonchev–Trinajstić information content (AvgIpc) is 2.41. The number of pyridine rings is 1. The van der Waals surface area contributed by atoms with Crippen molar-refractivity contribution < 1.29 is 9.53 Å². The van der Waals surface area contributed by atoms with Gasteiger partial charge in [-0.3, -0.25) is 9.59 Å². The Morgan fingerprint density at radius 3 is 2.53 bits per heavy atom. The minimum atomic E-state index is -0.291. The molecule has 0 unspecified atom stereocenters. The molecule has 4 heteroatoms. The van der Waals surface area contributed by atoms with Crippen LogP contribution in [0.15, 0.2) is 35.1 Å². The quantitative estimate of drug-likeness (QED) is 0.792. The van der Waals surface area contributed by atoms with Gasteiger partial charge in [0.2, 0.25) is 0 Å². The molecule has 1 aromatic heterocycles. The van der Waals surface area contributed by atoms with Crippen molar-refractivity contribution in [3.05, 3.63) is 51.8 Å². The summed E-state index contributed by atoms with van der Waals surface area (Å²) in [4.78, 5) is 22.6. The molecule has 0 saturated carbocycles. The summed E-state index contributed by atoms with van der Waals surface area (Å²) >= 11 is 0. The van der Waals surface area contributed by atoms with Crippen LogP contribution in [0, 0.1) is 6.92 Å². The Hall–Kier alpha value is -2.36. The lowest BCUT2D eigenvalue weighted by molar-refractivity contribution is 0.112. The lowest BCUT2D eigenvalue weighted by Crippen LogP contribution is -2.21. The van der Waals surface area contributed by atoms with Crippen LogP contribution in [0.2, 0.25) is 0 Å². The molecule has 0 spiro atoms. The van der Waals surface area contributed by atoms with Crippen molar-refractivity contribution in [3.63, 3.8) is 0 Å². The molecular formula is C15H15NO3. The molecule has 0 aliphatic rings. The van der Waals surface area contributed by atoms with E-state index in [4.69, 9.17) is 4.74 Å². The van der Waals surface area contributed by atoms with Gasteiger partial charge in [-0.05, 0) is 48.4 Å². The van der Waals surface area contributed by atoms with Crippen LogP contribution in [0.3, 0.4) is 0 Å². The van der Waals surface area contributed by atoms with Crippen molar-refractivity contribution in [1.82, 2.24) is 4.57 Å². The molecule has 0 radical (unpaired) electrons. The van der Waals surface area contributed by atoms with E-state index in [9.17, 15) is 9.59 Å². The maximum Gasteiger partial charge on any atom is 0.261 e. The van der Waals surface area contributed by atoms with E-state index in [0.29, 0.717) is 6.29 Å². The summed E-state index contributed by atoms with van der Waals surface area (Å²) in [5.41, 5.74) is 2.54. The molecule has 98 valence electrons. The molecule has 1 heterocycles. The van der Waals surface area contributed by atoms with E-state index >= 15 is 0 Å². The zero-order valence-corrected chi connectivity index (χ0v) is 11.1. The third-order valence-corrected chi connectivity index (χ3v) is 3.15. The molecule has 0 aliphatic carbocycles. The third-order valence-electron chi connectivity index (χ3n) is 3.15. The van der Waals surface area contributed by atoms with E-state index in [0.717, 1.165) is 22.6 Å². The summed E-state index contributed by atoms with van der Waals surface area (Å²) < 4.78 is 6.69. The van der Waals surface area contributed by atoms with E-state index in [2.05, 4.69) is 0 Å². The first-order valence-electron chi connectivity index (χ1n) is 5.88. The second-order valence-electron chi connectivity index (χ2n) is 4.34. The van der Waals surface area contributed by atoms with Gasteiger partial charge in [0.25, 0.3) is 5.56 Å². The summed E-state index contributed by atoms with van der Waals surface area (Å²) in [5.74, 6) is 0.804. The summed E-state index contributed by atoms with van der Waals surface area (Å²) in [6, 6.07) is 9.02. The Morgan fingerprint density at radius 2 is 1.95 bits per heavy atom. The fourth-order valence-corrected chi connectivity index (χ4v) is 2.07. The third kappa shape index (κ3) is 2.29. The first-order chi connectivity index (χ1) is 9.08. The molecule has 0 fully saturated rings. The van der Waals surface area contributed by atoms with Crippen molar-refractivity contribution in [2.75, 3.05) is 7.11 Å². The molecule has 19 heavy (non-hydrogen) atoms. The van der Waals surface area contributed by atoms with Gasteiger partial charge in [-0.1, -0.05) is 0 Å². The van der Waals surface area contributed by atoms with E-state index < -0.39 is 0 Å². The molecule has 1 aromatic carbocycles. The standard InChI is InChI=1S/C15H15NO3/c1-10-8-11(5-7-14(10)19-3)13-6-4-12(9-17)15(18)16(13)2/h4-9H,1-3H3. The minimum Gasteiger partial charge on any atom is -0.496 e. The minimum absolute atomic E-state index is 0.163. The number of benzene rings is 1. The zero-order valence-electron chi connectivity index (χ0n) is 11.1. The Bertz CT molecular complexity index is 686. The number of methoxy groups -OCH3 is 1. The molecule has 4 nitrogen and oxygen atoms in total. The van der Waals surface area contributed by atoms with Crippen LogP contribution in [0.4, 0.5) is 0 Å². The van der Waals surface area contributed by atoms with E-state index in [1.807, 2.05) is 25.1 Å². The highest BCUT2D eigenvalue weighted by molar-refractivity contribution is 5.75. The Kier molecular flexibility index (Phi) is 3.51. The smallest absolute Gasteiger partial charge is 0.261 e. The van der Waals surface area contributed by atoms with Crippen molar-refractivity contribution in [1.29, 1.82) is 0 Å². The van der Waals surface area contributed by atoms with Gasteiger partial charge in [0.15, 0.2) is 6.29 Å². The summed E-state index contributed by atoms with van der Waals surface area (Å²) in [5, 5.41) is 0. The van der Waals surface area contributed by atoms with Gasteiger partial charge in [0.05, 0.1) is 18.4 Å². The number of aryl methyl sites for hydroxylation is 1. The van der Waals surface area contributed by atoms with Gasteiger partial charge in [0, 0.05) is 7.05 Å². The second-order valence-corrected chi connectivity index (χ2v) is 4.34. The maximum atomic E-state index is 11.9. The van der Waals surface area contributed by atoms with Crippen LogP contribution in [-0.2, 0) is 7.05 Å². The van der Waals surface area contributed by atoms with Gasteiger partial charge in [-0.15, -0.1) is 0 Å². The Balaban J connectivity index is 2.60. The topological polar surface area (TPSA) is 48.3 Å². The van der Waals surface area contributed by atoms with Gasteiger partial charge < -0.3 is 9.30 Å². The van der Waals surface area contributed by atoms with Gasteiger partial charge in [-0.2, -0.15) is 0 Å². The number of ether oxygens (including phenoxy) is 1. The number of hydrogen-bond acceptors (Lipinski definition) is 3. The predicted molar refractivity (Wildman–Crippen MR) is 73.8 cm³/mol. The number of aromatic nitrogens is 1. The van der Waals surface area contributed by atoms with Crippen molar-refractivity contribution in [2.45, 2.75) is 6.92 Å². The van der Waals surface area contributed by atoms with Crippen LogP contribution in [-0.4, -0.2) is 18.0 Å². The molecule has 2 aromatic rings. The van der Waals surface area contributed by atoms with Crippen molar-refractivity contribution in [3.8, 4) is 17.0 Å². The normalized spacial score (nSPS) is 10.3. The monoisotopic (exact) mass is 257 g/mol. The Morgan fingerprint density at radius 1 is 1.21 bits per heavy atom. The van der Waals surface area contributed by atoms with E-state index in [-0.39, 0.29) is 11.1 Å². The molecule has 0 N–H and O–H groups in total. The zero-order chi connectivity index (χ0) is 14.0. The molecule has 2 rings (SSSR count). The average molecular weight is 257 g/mol. The van der Waals surface area contributed by atoms with Gasteiger partial charge in [-0.25, -0.2) is 0 Å². The number of carbonyl (C=O) groups is 1. The fourth-order valence-electron chi connectivity index (χ4n) is 2.07. The summed E-state index contributed by atoms with van der Waals surface area (Å²) in [7, 11) is 3.28. The molecule has 0 bridgehead atoms.